The van der Waals surface area contributed by atoms with E-state index in [1.807, 2.05) is 55.5 Å². The summed E-state index contributed by atoms with van der Waals surface area (Å²) < 4.78 is 10.5. The monoisotopic (exact) mass is 421 g/mol. The van der Waals surface area contributed by atoms with Gasteiger partial charge in [-0.2, -0.15) is 5.10 Å². The molecule has 6 nitrogen and oxygen atoms in total. The quantitative estimate of drug-likeness (QED) is 0.284. The van der Waals surface area contributed by atoms with Crippen molar-refractivity contribution >= 4 is 6.16 Å². The van der Waals surface area contributed by atoms with Gasteiger partial charge in [-0.25, -0.2) is 9.78 Å². The number of unbranched alkanes of at least 4 members (excludes halogenated alkanes) is 5. The highest BCUT2D eigenvalue weighted by molar-refractivity contribution is 5.65. The van der Waals surface area contributed by atoms with E-state index in [1.165, 1.54) is 25.7 Å². The lowest BCUT2D eigenvalue weighted by atomic mass is 10.1. The van der Waals surface area contributed by atoms with E-state index in [2.05, 4.69) is 22.1 Å². The van der Waals surface area contributed by atoms with E-state index in [0.29, 0.717) is 18.3 Å². The summed E-state index contributed by atoms with van der Waals surface area (Å²) in [5, 5.41) is 7.35. The Morgan fingerprint density at radius 1 is 0.968 bits per heavy atom. The first kappa shape index (κ1) is 22.5. The van der Waals surface area contributed by atoms with E-state index >= 15 is 0 Å². The molecule has 6 heteroatoms. The summed E-state index contributed by atoms with van der Waals surface area (Å²) in [7, 11) is 0. The van der Waals surface area contributed by atoms with Crippen molar-refractivity contribution in [1.82, 2.24) is 15.2 Å². The predicted molar refractivity (Wildman–Crippen MR) is 122 cm³/mol. The number of hydrogen-bond donors (Lipinski definition) is 1. The second-order valence-electron chi connectivity index (χ2n) is 7.69. The van der Waals surface area contributed by atoms with Crippen molar-refractivity contribution < 1.29 is 14.3 Å². The van der Waals surface area contributed by atoms with Gasteiger partial charge in [0, 0.05) is 16.7 Å². The molecule has 0 saturated heterocycles. The van der Waals surface area contributed by atoms with E-state index in [1.54, 1.807) is 0 Å². The van der Waals surface area contributed by atoms with Gasteiger partial charge in [0.05, 0.1) is 6.61 Å². The summed E-state index contributed by atoms with van der Waals surface area (Å²) in [6, 6.07) is 15.7. The number of rotatable bonds is 11. The summed E-state index contributed by atoms with van der Waals surface area (Å²) in [5.74, 6) is 1.27. The molecule has 31 heavy (non-hydrogen) atoms. The summed E-state index contributed by atoms with van der Waals surface area (Å²) in [4.78, 5) is 16.6. The average Bonchev–Trinajstić information content (AvgIpc) is 3.27. The maximum Gasteiger partial charge on any atom is 0.508 e. The zero-order chi connectivity index (χ0) is 21.9. The average molecular weight is 422 g/mol. The number of H-pyrrole nitrogens is 1. The molecule has 0 aliphatic rings. The number of hydrogen-bond acceptors (Lipinski definition) is 5. The Labute approximate surface area is 184 Å². The molecule has 0 amide bonds. The smallest absolute Gasteiger partial charge is 0.434 e. The van der Waals surface area contributed by atoms with Crippen molar-refractivity contribution in [3.05, 3.63) is 59.7 Å². The molecule has 0 saturated carbocycles. The van der Waals surface area contributed by atoms with Crippen LogP contribution < -0.4 is 0 Å². The largest absolute Gasteiger partial charge is 0.508 e. The Morgan fingerprint density at radius 3 is 2.61 bits per heavy atom. The lowest BCUT2D eigenvalue weighted by Crippen LogP contribution is -2.09. The zero-order valence-electron chi connectivity index (χ0n) is 18.4. The third-order valence-corrected chi connectivity index (χ3v) is 5.10. The number of aromatic amines is 1. The molecule has 2 aromatic carbocycles. The van der Waals surface area contributed by atoms with Crippen LogP contribution in [-0.2, 0) is 16.1 Å². The number of aromatic nitrogens is 3. The maximum atomic E-state index is 11.9. The lowest BCUT2D eigenvalue weighted by molar-refractivity contribution is 0.0488. The van der Waals surface area contributed by atoms with Gasteiger partial charge in [-0.15, -0.1) is 0 Å². The standard InChI is InChI=1S/C25H31N3O3/c1-3-4-5-6-7-10-16-30-25(29)31-18-21-13-8-9-15-22(21)24-26-23(27-28-24)20-14-11-12-19(2)17-20/h8-9,11-15,17H,3-7,10,16,18H2,1-2H3,(H,26,27,28). The fourth-order valence-electron chi connectivity index (χ4n) is 3.39. The van der Waals surface area contributed by atoms with Crippen molar-refractivity contribution in [2.24, 2.45) is 0 Å². The summed E-state index contributed by atoms with van der Waals surface area (Å²) >= 11 is 0. The number of aryl methyl sites for hydroxylation is 1. The Balaban J connectivity index is 1.53. The van der Waals surface area contributed by atoms with Crippen molar-refractivity contribution in [1.29, 1.82) is 0 Å². The van der Waals surface area contributed by atoms with Gasteiger partial charge in [-0.1, -0.05) is 87.1 Å². The molecule has 0 spiro atoms. The highest BCUT2D eigenvalue weighted by Gasteiger charge is 2.13. The van der Waals surface area contributed by atoms with Gasteiger partial charge >= 0.3 is 6.16 Å². The molecule has 0 fully saturated rings. The van der Waals surface area contributed by atoms with E-state index in [9.17, 15) is 4.79 Å². The molecule has 3 aromatic rings. The van der Waals surface area contributed by atoms with Crippen LogP contribution in [0.3, 0.4) is 0 Å². The van der Waals surface area contributed by atoms with E-state index in [0.717, 1.165) is 35.1 Å². The van der Waals surface area contributed by atoms with Crippen LogP contribution in [0.1, 0.15) is 56.6 Å². The van der Waals surface area contributed by atoms with Crippen LogP contribution in [0.5, 0.6) is 0 Å². The molecule has 0 unspecified atom stereocenters. The molecular formula is C25H31N3O3. The topological polar surface area (TPSA) is 77.1 Å². The van der Waals surface area contributed by atoms with Crippen LogP contribution in [0.15, 0.2) is 48.5 Å². The molecule has 0 aliphatic carbocycles. The second-order valence-corrected chi connectivity index (χ2v) is 7.69. The third kappa shape index (κ3) is 6.95. The van der Waals surface area contributed by atoms with Gasteiger partial charge in [-0.05, 0) is 19.4 Å². The molecule has 164 valence electrons. The van der Waals surface area contributed by atoms with E-state index < -0.39 is 6.16 Å². The Morgan fingerprint density at radius 2 is 1.77 bits per heavy atom. The third-order valence-electron chi connectivity index (χ3n) is 5.10. The van der Waals surface area contributed by atoms with Crippen LogP contribution in [0.4, 0.5) is 4.79 Å². The fourth-order valence-corrected chi connectivity index (χ4v) is 3.39. The van der Waals surface area contributed by atoms with Crippen molar-refractivity contribution in [2.75, 3.05) is 6.61 Å². The summed E-state index contributed by atoms with van der Waals surface area (Å²) in [5.41, 5.74) is 3.79. The van der Waals surface area contributed by atoms with E-state index in [-0.39, 0.29) is 6.61 Å². The highest BCUT2D eigenvalue weighted by atomic mass is 16.7. The van der Waals surface area contributed by atoms with Crippen LogP contribution in [-0.4, -0.2) is 27.9 Å². The fraction of sp³-hybridized carbons (Fsp3) is 0.400. The molecule has 1 heterocycles. The van der Waals surface area contributed by atoms with Gasteiger partial charge in [0.1, 0.15) is 6.61 Å². The number of ether oxygens (including phenoxy) is 2. The SMILES string of the molecule is CCCCCCCCOC(=O)OCc1ccccc1-c1nc(-c2cccc(C)c2)n[nH]1. The lowest BCUT2D eigenvalue weighted by Gasteiger charge is -2.09. The Bertz CT molecular complexity index is 968. The summed E-state index contributed by atoms with van der Waals surface area (Å²) in [6.45, 7) is 4.75. The molecule has 0 bridgehead atoms. The van der Waals surface area contributed by atoms with Gasteiger partial charge in [0.2, 0.25) is 0 Å². The van der Waals surface area contributed by atoms with Crippen LogP contribution in [0, 0.1) is 6.92 Å². The van der Waals surface area contributed by atoms with Gasteiger partial charge in [-0.3, -0.25) is 5.10 Å². The highest BCUT2D eigenvalue weighted by Crippen LogP contribution is 2.24. The Kier molecular flexibility index (Phi) is 8.64. The van der Waals surface area contributed by atoms with E-state index in [4.69, 9.17) is 9.47 Å². The van der Waals surface area contributed by atoms with Crippen LogP contribution in [0.2, 0.25) is 0 Å². The molecular weight excluding hydrogens is 390 g/mol. The number of carbonyl (C=O) groups is 1. The molecule has 1 aromatic heterocycles. The van der Waals surface area contributed by atoms with Crippen LogP contribution >= 0.6 is 0 Å². The number of benzene rings is 2. The molecule has 0 radical (unpaired) electrons. The van der Waals surface area contributed by atoms with Gasteiger partial charge in [0.15, 0.2) is 11.6 Å². The summed E-state index contributed by atoms with van der Waals surface area (Å²) in [6.07, 6.45) is 6.22. The predicted octanol–water partition coefficient (Wildman–Crippen LogP) is 6.46. The Hall–Kier alpha value is -3.15. The molecule has 0 aliphatic heterocycles. The first-order chi connectivity index (χ1) is 15.2. The second kappa shape index (κ2) is 11.9. The number of nitrogens with zero attached hydrogens (tertiary/aromatic N) is 2. The first-order valence-electron chi connectivity index (χ1n) is 11.0. The van der Waals surface area contributed by atoms with Crippen LogP contribution in [0.25, 0.3) is 22.8 Å². The zero-order valence-corrected chi connectivity index (χ0v) is 18.4. The van der Waals surface area contributed by atoms with Crippen molar-refractivity contribution in [3.63, 3.8) is 0 Å². The maximum absolute atomic E-state index is 11.9. The minimum atomic E-state index is -0.638. The molecule has 0 atom stereocenters. The first-order valence-corrected chi connectivity index (χ1v) is 11.0. The van der Waals surface area contributed by atoms with Gasteiger partial charge in [0.25, 0.3) is 0 Å². The molecule has 1 N–H and O–H groups in total. The van der Waals surface area contributed by atoms with Crippen molar-refractivity contribution in [3.8, 4) is 22.8 Å². The molecule has 3 rings (SSSR count). The number of nitrogens with one attached hydrogen (secondary N) is 1. The van der Waals surface area contributed by atoms with Crippen molar-refractivity contribution in [2.45, 2.75) is 59.0 Å². The number of carbonyl (C=O) groups excluding carboxylic acids is 1. The minimum Gasteiger partial charge on any atom is -0.434 e. The van der Waals surface area contributed by atoms with Gasteiger partial charge < -0.3 is 9.47 Å². The minimum absolute atomic E-state index is 0.117. The normalized spacial score (nSPS) is 10.8.